The standard InChI is InChI=1S/C38H62O2/c1-4-6-8-10-12-14-16-18-20-22-32-39-34(3)35-24-26-36(27-25-35)37-28-30-38(31-29-37)40-33-23-21-19-17-15-13-11-9-7-5-2/h24-31,34H,4-23,32-33H2,1-3H3. The summed E-state index contributed by atoms with van der Waals surface area (Å²) in [6.07, 6.45) is 27.3. The number of benzene rings is 2. The molecule has 0 fully saturated rings. The Hall–Kier alpha value is -1.80. The van der Waals surface area contributed by atoms with Crippen molar-refractivity contribution < 1.29 is 9.47 Å². The molecule has 0 amide bonds. The minimum atomic E-state index is 0.147. The SMILES string of the molecule is CCCCCCCCCCCCOc1ccc(-c2ccc(C(C)OCCCCCCCCCCCC)cc2)cc1. The van der Waals surface area contributed by atoms with Crippen LogP contribution in [0.25, 0.3) is 11.1 Å². The Bertz CT molecular complexity index is 810. The van der Waals surface area contributed by atoms with E-state index in [1.165, 1.54) is 139 Å². The molecule has 0 N–H and O–H groups in total. The van der Waals surface area contributed by atoms with E-state index in [4.69, 9.17) is 9.47 Å². The van der Waals surface area contributed by atoms with Gasteiger partial charge in [-0.1, -0.05) is 166 Å². The highest BCUT2D eigenvalue weighted by molar-refractivity contribution is 5.64. The monoisotopic (exact) mass is 550 g/mol. The summed E-state index contributed by atoms with van der Waals surface area (Å²) in [6.45, 7) is 8.42. The Morgan fingerprint density at radius 3 is 1.27 bits per heavy atom. The maximum atomic E-state index is 6.14. The number of rotatable bonds is 26. The van der Waals surface area contributed by atoms with Crippen molar-refractivity contribution >= 4 is 0 Å². The van der Waals surface area contributed by atoms with E-state index in [1.807, 2.05) is 0 Å². The van der Waals surface area contributed by atoms with Crippen LogP contribution in [0, 0.1) is 0 Å². The van der Waals surface area contributed by atoms with Gasteiger partial charge < -0.3 is 9.47 Å². The molecule has 0 aliphatic heterocycles. The molecule has 0 spiro atoms. The van der Waals surface area contributed by atoms with Crippen LogP contribution in [-0.2, 0) is 4.74 Å². The normalized spacial score (nSPS) is 12.1. The van der Waals surface area contributed by atoms with Crippen LogP contribution in [0.5, 0.6) is 5.75 Å². The predicted molar refractivity (Wildman–Crippen MR) is 175 cm³/mol. The summed E-state index contributed by atoms with van der Waals surface area (Å²) in [6, 6.07) is 17.4. The second kappa shape index (κ2) is 23.9. The van der Waals surface area contributed by atoms with Gasteiger partial charge >= 0.3 is 0 Å². The molecule has 0 saturated heterocycles. The van der Waals surface area contributed by atoms with E-state index < -0.39 is 0 Å². The first-order chi connectivity index (χ1) is 19.7. The van der Waals surface area contributed by atoms with Crippen molar-refractivity contribution in [1.82, 2.24) is 0 Å². The minimum Gasteiger partial charge on any atom is -0.494 e. The van der Waals surface area contributed by atoms with E-state index in [2.05, 4.69) is 69.3 Å². The minimum absolute atomic E-state index is 0.147. The average molecular weight is 551 g/mol. The highest BCUT2D eigenvalue weighted by Crippen LogP contribution is 2.26. The Morgan fingerprint density at radius 2 is 0.825 bits per heavy atom. The van der Waals surface area contributed by atoms with Gasteiger partial charge in [0.2, 0.25) is 0 Å². The van der Waals surface area contributed by atoms with Gasteiger partial charge in [-0.05, 0) is 48.6 Å². The number of hydrogen-bond acceptors (Lipinski definition) is 2. The fourth-order valence-corrected chi connectivity index (χ4v) is 5.42. The first-order valence-electron chi connectivity index (χ1n) is 17.2. The Morgan fingerprint density at radius 1 is 0.450 bits per heavy atom. The third-order valence-electron chi connectivity index (χ3n) is 8.20. The van der Waals surface area contributed by atoms with Gasteiger partial charge in [0, 0.05) is 6.61 Å². The zero-order chi connectivity index (χ0) is 28.5. The van der Waals surface area contributed by atoms with Crippen molar-refractivity contribution in [2.75, 3.05) is 13.2 Å². The van der Waals surface area contributed by atoms with Gasteiger partial charge in [-0.25, -0.2) is 0 Å². The molecule has 0 heterocycles. The quantitative estimate of drug-likeness (QED) is 0.108. The molecule has 2 nitrogen and oxygen atoms in total. The van der Waals surface area contributed by atoms with Crippen molar-refractivity contribution in [1.29, 1.82) is 0 Å². The molecule has 2 rings (SSSR count). The van der Waals surface area contributed by atoms with Crippen LogP contribution in [0.15, 0.2) is 48.5 Å². The lowest BCUT2D eigenvalue weighted by molar-refractivity contribution is 0.0627. The van der Waals surface area contributed by atoms with Gasteiger partial charge in [-0.15, -0.1) is 0 Å². The summed E-state index contributed by atoms with van der Waals surface area (Å²) in [7, 11) is 0. The van der Waals surface area contributed by atoms with Gasteiger partial charge in [0.1, 0.15) is 5.75 Å². The number of ether oxygens (including phenoxy) is 2. The zero-order valence-electron chi connectivity index (χ0n) is 26.6. The highest BCUT2D eigenvalue weighted by Gasteiger charge is 2.07. The van der Waals surface area contributed by atoms with Crippen molar-refractivity contribution in [2.45, 2.75) is 155 Å². The van der Waals surface area contributed by atoms with Crippen molar-refractivity contribution in [3.63, 3.8) is 0 Å². The molecule has 0 aliphatic rings. The van der Waals surface area contributed by atoms with Gasteiger partial charge in [-0.2, -0.15) is 0 Å². The molecule has 0 bridgehead atoms. The van der Waals surface area contributed by atoms with Crippen LogP contribution in [0.2, 0.25) is 0 Å². The van der Waals surface area contributed by atoms with E-state index in [9.17, 15) is 0 Å². The molecular formula is C38H62O2. The van der Waals surface area contributed by atoms with Crippen LogP contribution >= 0.6 is 0 Å². The molecule has 40 heavy (non-hydrogen) atoms. The Kier molecular flexibility index (Phi) is 20.5. The summed E-state index contributed by atoms with van der Waals surface area (Å²) < 4.78 is 12.1. The van der Waals surface area contributed by atoms with Gasteiger partial charge in [0.05, 0.1) is 12.7 Å². The Labute approximate surface area is 248 Å². The smallest absolute Gasteiger partial charge is 0.119 e. The van der Waals surface area contributed by atoms with Gasteiger partial charge in [0.25, 0.3) is 0 Å². The molecular weight excluding hydrogens is 488 g/mol. The van der Waals surface area contributed by atoms with Crippen molar-refractivity contribution in [3.05, 3.63) is 54.1 Å². The highest BCUT2D eigenvalue weighted by atomic mass is 16.5. The van der Waals surface area contributed by atoms with Gasteiger partial charge in [-0.3, -0.25) is 0 Å². The summed E-state index contributed by atoms with van der Waals surface area (Å²) in [5, 5.41) is 0. The molecule has 1 atom stereocenters. The summed E-state index contributed by atoms with van der Waals surface area (Å²) >= 11 is 0. The van der Waals surface area contributed by atoms with Crippen LogP contribution in [0.4, 0.5) is 0 Å². The van der Waals surface area contributed by atoms with E-state index in [1.54, 1.807) is 0 Å². The molecule has 0 saturated carbocycles. The first kappa shape index (κ1) is 34.4. The molecule has 1 unspecified atom stereocenters. The number of hydrogen-bond donors (Lipinski definition) is 0. The van der Waals surface area contributed by atoms with E-state index in [0.717, 1.165) is 25.4 Å². The number of unbranched alkanes of at least 4 members (excludes halogenated alkanes) is 18. The molecule has 2 aromatic rings. The molecule has 0 aromatic heterocycles. The average Bonchev–Trinajstić information content (AvgIpc) is 2.99. The fourth-order valence-electron chi connectivity index (χ4n) is 5.42. The second-order valence-corrected chi connectivity index (χ2v) is 11.9. The predicted octanol–water partition coefficient (Wildman–Crippen LogP) is 12.7. The maximum absolute atomic E-state index is 6.14. The molecule has 2 heteroatoms. The molecule has 0 aliphatic carbocycles. The Balaban J connectivity index is 1.54. The van der Waals surface area contributed by atoms with E-state index >= 15 is 0 Å². The van der Waals surface area contributed by atoms with Crippen molar-refractivity contribution in [2.24, 2.45) is 0 Å². The fraction of sp³-hybridized carbons (Fsp3) is 0.684. The van der Waals surface area contributed by atoms with Crippen LogP contribution < -0.4 is 4.74 Å². The topological polar surface area (TPSA) is 18.5 Å². The second-order valence-electron chi connectivity index (χ2n) is 11.9. The van der Waals surface area contributed by atoms with E-state index in [0.29, 0.717) is 0 Å². The first-order valence-corrected chi connectivity index (χ1v) is 17.2. The van der Waals surface area contributed by atoms with Crippen LogP contribution in [-0.4, -0.2) is 13.2 Å². The maximum Gasteiger partial charge on any atom is 0.119 e. The zero-order valence-corrected chi connectivity index (χ0v) is 26.6. The van der Waals surface area contributed by atoms with Crippen LogP contribution in [0.3, 0.4) is 0 Å². The largest absolute Gasteiger partial charge is 0.494 e. The third kappa shape index (κ3) is 16.5. The molecule has 226 valence electrons. The van der Waals surface area contributed by atoms with Gasteiger partial charge in [0.15, 0.2) is 0 Å². The van der Waals surface area contributed by atoms with E-state index in [-0.39, 0.29) is 6.10 Å². The lowest BCUT2D eigenvalue weighted by Gasteiger charge is -2.14. The summed E-state index contributed by atoms with van der Waals surface area (Å²) in [4.78, 5) is 0. The van der Waals surface area contributed by atoms with Crippen molar-refractivity contribution in [3.8, 4) is 16.9 Å². The van der Waals surface area contributed by atoms with Crippen LogP contribution in [0.1, 0.15) is 161 Å². The molecule has 0 radical (unpaired) electrons. The summed E-state index contributed by atoms with van der Waals surface area (Å²) in [5.41, 5.74) is 3.73. The lowest BCUT2D eigenvalue weighted by atomic mass is 10.0. The summed E-state index contributed by atoms with van der Waals surface area (Å²) in [5.74, 6) is 0.977. The third-order valence-corrected chi connectivity index (χ3v) is 8.20. The molecule has 2 aromatic carbocycles. The lowest BCUT2D eigenvalue weighted by Crippen LogP contribution is -2.01.